The summed E-state index contributed by atoms with van der Waals surface area (Å²) in [5.74, 6) is 0.708. The lowest BCUT2D eigenvalue weighted by molar-refractivity contribution is 0.533. The Labute approximate surface area is 124 Å². The Balaban J connectivity index is 2.31. The van der Waals surface area contributed by atoms with Gasteiger partial charge in [-0.2, -0.15) is 0 Å². The highest BCUT2D eigenvalue weighted by Crippen LogP contribution is 2.31. The molecule has 0 heterocycles. The third-order valence-corrected chi connectivity index (χ3v) is 4.24. The normalized spacial score (nSPS) is 16.1. The Bertz CT molecular complexity index is 419. The van der Waals surface area contributed by atoms with Crippen LogP contribution in [0.4, 0.5) is 5.69 Å². The van der Waals surface area contributed by atoms with E-state index in [0.717, 1.165) is 12.6 Å². The van der Waals surface area contributed by atoms with Crippen molar-refractivity contribution >= 4 is 5.69 Å². The summed E-state index contributed by atoms with van der Waals surface area (Å²) < 4.78 is 0. The molecular weight excluding hydrogens is 244 g/mol. The van der Waals surface area contributed by atoms with Gasteiger partial charge in [-0.1, -0.05) is 44.4 Å². The summed E-state index contributed by atoms with van der Waals surface area (Å²) in [5.41, 5.74) is 4.25. The molecule has 0 spiro atoms. The van der Waals surface area contributed by atoms with E-state index in [2.05, 4.69) is 49.2 Å². The number of nitrogens with one attached hydrogen (secondary N) is 1. The predicted molar refractivity (Wildman–Crippen MR) is 88.4 cm³/mol. The Morgan fingerprint density at radius 3 is 2.55 bits per heavy atom. The molecule has 1 aliphatic rings. The van der Waals surface area contributed by atoms with Crippen molar-refractivity contribution in [3.05, 3.63) is 29.3 Å². The van der Waals surface area contributed by atoms with Crippen LogP contribution in [0.1, 0.15) is 50.7 Å². The second-order valence-corrected chi connectivity index (χ2v) is 6.65. The van der Waals surface area contributed by atoms with Crippen molar-refractivity contribution in [1.29, 1.82) is 0 Å². The van der Waals surface area contributed by atoms with Crippen LogP contribution in [0.2, 0.25) is 0 Å². The molecule has 1 aromatic rings. The fourth-order valence-corrected chi connectivity index (χ4v) is 3.38. The lowest BCUT2D eigenvalue weighted by Crippen LogP contribution is -2.37. The van der Waals surface area contributed by atoms with Gasteiger partial charge in [0.15, 0.2) is 0 Å². The summed E-state index contributed by atoms with van der Waals surface area (Å²) >= 11 is 0. The Morgan fingerprint density at radius 1 is 1.25 bits per heavy atom. The molecule has 2 rings (SSSR count). The molecule has 0 bridgehead atoms. The van der Waals surface area contributed by atoms with E-state index < -0.39 is 0 Å². The molecule has 0 amide bonds. The van der Waals surface area contributed by atoms with Crippen LogP contribution in [0.25, 0.3) is 0 Å². The van der Waals surface area contributed by atoms with Crippen LogP contribution in [-0.4, -0.2) is 19.6 Å². The van der Waals surface area contributed by atoms with E-state index in [1.807, 2.05) is 7.05 Å². The van der Waals surface area contributed by atoms with Gasteiger partial charge in [-0.25, -0.2) is 0 Å². The molecule has 1 aromatic carbocycles. The van der Waals surface area contributed by atoms with Crippen molar-refractivity contribution in [2.24, 2.45) is 5.92 Å². The van der Waals surface area contributed by atoms with E-state index in [-0.39, 0.29) is 0 Å². The highest BCUT2D eigenvalue weighted by atomic mass is 15.2. The van der Waals surface area contributed by atoms with E-state index in [4.69, 9.17) is 0 Å². The fourth-order valence-electron chi connectivity index (χ4n) is 3.38. The quantitative estimate of drug-likeness (QED) is 0.839. The van der Waals surface area contributed by atoms with E-state index in [1.165, 1.54) is 49.0 Å². The van der Waals surface area contributed by atoms with Crippen molar-refractivity contribution in [3.8, 4) is 0 Å². The van der Waals surface area contributed by atoms with Gasteiger partial charge in [0, 0.05) is 24.8 Å². The standard InChI is InChI=1S/C18H30N2/c1-14(2)13-20(17-7-5-6-8-17)18-10-9-15(3)11-16(18)12-19-4/h9-11,14,17,19H,5-8,12-13H2,1-4H3. The first-order valence-corrected chi connectivity index (χ1v) is 8.12. The largest absolute Gasteiger partial charge is 0.368 e. The van der Waals surface area contributed by atoms with Crippen molar-refractivity contribution in [1.82, 2.24) is 5.32 Å². The third-order valence-electron chi connectivity index (χ3n) is 4.24. The van der Waals surface area contributed by atoms with Gasteiger partial charge in [0.2, 0.25) is 0 Å². The molecule has 1 aliphatic carbocycles. The zero-order valence-corrected chi connectivity index (χ0v) is 13.6. The maximum atomic E-state index is 3.32. The molecule has 2 nitrogen and oxygen atoms in total. The predicted octanol–water partition coefficient (Wildman–Crippen LogP) is 4.12. The number of benzene rings is 1. The van der Waals surface area contributed by atoms with Gasteiger partial charge in [0.25, 0.3) is 0 Å². The SMILES string of the molecule is CNCc1cc(C)ccc1N(CC(C)C)C1CCCC1. The third kappa shape index (κ3) is 3.76. The van der Waals surface area contributed by atoms with Crippen molar-refractivity contribution in [3.63, 3.8) is 0 Å². The van der Waals surface area contributed by atoms with Gasteiger partial charge in [-0.3, -0.25) is 0 Å². The minimum atomic E-state index is 0.708. The summed E-state index contributed by atoms with van der Waals surface area (Å²) in [6.07, 6.45) is 5.51. The molecule has 0 aliphatic heterocycles. The number of aryl methyl sites for hydroxylation is 1. The highest BCUT2D eigenvalue weighted by molar-refractivity contribution is 5.56. The summed E-state index contributed by atoms with van der Waals surface area (Å²) in [5, 5.41) is 3.32. The Morgan fingerprint density at radius 2 is 1.95 bits per heavy atom. The molecule has 0 atom stereocenters. The van der Waals surface area contributed by atoms with E-state index in [1.54, 1.807) is 0 Å². The van der Waals surface area contributed by atoms with Crippen LogP contribution in [-0.2, 0) is 6.54 Å². The number of hydrogen-bond acceptors (Lipinski definition) is 2. The molecule has 0 unspecified atom stereocenters. The van der Waals surface area contributed by atoms with E-state index in [0.29, 0.717) is 5.92 Å². The number of hydrogen-bond donors (Lipinski definition) is 1. The lowest BCUT2D eigenvalue weighted by Gasteiger charge is -2.34. The maximum Gasteiger partial charge on any atom is 0.0414 e. The van der Waals surface area contributed by atoms with Gasteiger partial charge in [-0.15, -0.1) is 0 Å². The molecular formula is C18H30N2. The van der Waals surface area contributed by atoms with Crippen LogP contribution in [0.5, 0.6) is 0 Å². The number of rotatable bonds is 6. The van der Waals surface area contributed by atoms with Crippen LogP contribution in [0, 0.1) is 12.8 Å². The molecule has 1 N–H and O–H groups in total. The van der Waals surface area contributed by atoms with Gasteiger partial charge in [0.1, 0.15) is 0 Å². The number of anilines is 1. The molecule has 112 valence electrons. The molecule has 1 fully saturated rings. The summed E-state index contributed by atoms with van der Waals surface area (Å²) in [4.78, 5) is 2.68. The molecule has 0 saturated heterocycles. The van der Waals surface area contributed by atoms with Gasteiger partial charge >= 0.3 is 0 Å². The second kappa shape index (κ2) is 7.12. The minimum absolute atomic E-state index is 0.708. The zero-order valence-electron chi connectivity index (χ0n) is 13.6. The molecule has 1 saturated carbocycles. The van der Waals surface area contributed by atoms with Crippen LogP contribution >= 0.6 is 0 Å². The smallest absolute Gasteiger partial charge is 0.0414 e. The zero-order chi connectivity index (χ0) is 14.5. The van der Waals surface area contributed by atoms with E-state index in [9.17, 15) is 0 Å². The first-order chi connectivity index (χ1) is 9.61. The second-order valence-electron chi connectivity index (χ2n) is 6.65. The first-order valence-electron chi connectivity index (χ1n) is 8.12. The Hall–Kier alpha value is -1.02. The minimum Gasteiger partial charge on any atom is -0.368 e. The summed E-state index contributed by atoms with van der Waals surface area (Å²) in [7, 11) is 2.04. The summed E-state index contributed by atoms with van der Waals surface area (Å²) in [6.45, 7) is 8.97. The Kier molecular flexibility index (Phi) is 5.47. The van der Waals surface area contributed by atoms with Crippen LogP contribution in [0.15, 0.2) is 18.2 Å². The average molecular weight is 274 g/mol. The summed E-state index contributed by atoms with van der Waals surface area (Å²) in [6, 6.07) is 7.68. The van der Waals surface area contributed by atoms with Gasteiger partial charge in [0.05, 0.1) is 0 Å². The van der Waals surface area contributed by atoms with Gasteiger partial charge < -0.3 is 10.2 Å². The van der Waals surface area contributed by atoms with Gasteiger partial charge in [-0.05, 0) is 44.4 Å². The molecule has 0 radical (unpaired) electrons. The van der Waals surface area contributed by atoms with Crippen molar-refractivity contribution in [2.45, 2.75) is 59.0 Å². The van der Waals surface area contributed by atoms with E-state index >= 15 is 0 Å². The maximum absolute atomic E-state index is 3.32. The fraction of sp³-hybridized carbons (Fsp3) is 0.667. The monoisotopic (exact) mass is 274 g/mol. The van der Waals surface area contributed by atoms with Crippen molar-refractivity contribution < 1.29 is 0 Å². The molecule has 2 heteroatoms. The average Bonchev–Trinajstić information content (AvgIpc) is 2.90. The topological polar surface area (TPSA) is 15.3 Å². The first kappa shape index (κ1) is 15.4. The van der Waals surface area contributed by atoms with Crippen LogP contribution in [0.3, 0.4) is 0 Å². The molecule has 20 heavy (non-hydrogen) atoms. The lowest BCUT2D eigenvalue weighted by atomic mass is 10.0. The highest BCUT2D eigenvalue weighted by Gasteiger charge is 2.24. The van der Waals surface area contributed by atoms with Crippen LogP contribution < -0.4 is 10.2 Å². The molecule has 0 aromatic heterocycles. The van der Waals surface area contributed by atoms with Crippen molar-refractivity contribution in [2.75, 3.05) is 18.5 Å². The number of nitrogens with zero attached hydrogens (tertiary/aromatic N) is 1.